The summed E-state index contributed by atoms with van der Waals surface area (Å²) in [5.41, 5.74) is 2.13. The first-order valence-corrected chi connectivity index (χ1v) is 11.3. The number of nitrogens with zero attached hydrogens (tertiary/aromatic N) is 1. The maximum Gasteiger partial charge on any atom is 0.266 e. The number of carbonyl (C=O) groups is 1. The third-order valence-electron chi connectivity index (χ3n) is 4.88. The number of hydrogen-bond donors (Lipinski definition) is 1. The minimum atomic E-state index is -0.495. The van der Waals surface area contributed by atoms with E-state index >= 15 is 0 Å². The van der Waals surface area contributed by atoms with Crippen molar-refractivity contribution >= 4 is 33.6 Å². The average Bonchev–Trinajstić information content (AvgIpc) is 3.31. The second-order valence-electron chi connectivity index (χ2n) is 7.25. The molecule has 0 aliphatic carbocycles. The molecule has 8 heteroatoms. The second kappa shape index (κ2) is 10.8. The first kappa shape index (κ1) is 23.2. The van der Waals surface area contributed by atoms with Crippen molar-refractivity contribution in [2.45, 2.75) is 13.5 Å². The molecule has 1 N–H and O–H groups in total. The SMILES string of the molecule is CCOc1cc(/C=C(/C#N)C(=O)Nc2ccc(Br)cc2)ccc1OCc1ccc2c(c1)OCO2. The Morgan fingerprint density at radius 2 is 1.85 bits per heavy atom. The fourth-order valence-electron chi connectivity index (χ4n) is 3.24. The molecule has 0 fully saturated rings. The van der Waals surface area contributed by atoms with Crippen LogP contribution in [0.3, 0.4) is 0 Å². The van der Waals surface area contributed by atoms with Crippen molar-refractivity contribution in [3.05, 3.63) is 81.8 Å². The zero-order valence-electron chi connectivity index (χ0n) is 18.3. The van der Waals surface area contributed by atoms with E-state index in [0.29, 0.717) is 47.5 Å². The minimum Gasteiger partial charge on any atom is -0.490 e. The van der Waals surface area contributed by atoms with E-state index in [1.807, 2.05) is 43.3 Å². The van der Waals surface area contributed by atoms with Gasteiger partial charge in [0.1, 0.15) is 18.2 Å². The number of hydrogen-bond acceptors (Lipinski definition) is 6. The number of carbonyl (C=O) groups excluding carboxylic acids is 1. The molecule has 0 bridgehead atoms. The molecule has 0 aromatic heterocycles. The molecule has 0 atom stereocenters. The van der Waals surface area contributed by atoms with Crippen LogP contribution in [0.4, 0.5) is 5.69 Å². The summed E-state index contributed by atoms with van der Waals surface area (Å²) in [5.74, 6) is 1.98. The number of anilines is 1. The average molecular weight is 521 g/mol. The Balaban J connectivity index is 1.49. The highest BCUT2D eigenvalue weighted by Crippen LogP contribution is 2.34. The predicted molar refractivity (Wildman–Crippen MR) is 131 cm³/mol. The summed E-state index contributed by atoms with van der Waals surface area (Å²) in [7, 11) is 0. The number of halogens is 1. The van der Waals surface area contributed by atoms with Gasteiger partial charge in [-0.25, -0.2) is 0 Å². The molecule has 3 aromatic rings. The van der Waals surface area contributed by atoms with Gasteiger partial charge in [0.15, 0.2) is 23.0 Å². The molecular formula is C26H21BrN2O5. The van der Waals surface area contributed by atoms with E-state index in [1.165, 1.54) is 6.08 Å². The van der Waals surface area contributed by atoms with E-state index in [2.05, 4.69) is 21.2 Å². The minimum absolute atomic E-state index is 0.0283. The van der Waals surface area contributed by atoms with Gasteiger partial charge in [-0.3, -0.25) is 4.79 Å². The summed E-state index contributed by atoms with van der Waals surface area (Å²) in [6.07, 6.45) is 1.51. The fraction of sp³-hybridized carbons (Fsp3) is 0.154. The number of fused-ring (bicyclic) bond motifs is 1. The summed E-state index contributed by atoms with van der Waals surface area (Å²) in [4.78, 5) is 12.6. The van der Waals surface area contributed by atoms with Gasteiger partial charge in [-0.2, -0.15) is 5.26 Å². The van der Waals surface area contributed by atoms with Crippen molar-refractivity contribution in [3.63, 3.8) is 0 Å². The van der Waals surface area contributed by atoms with Gasteiger partial charge >= 0.3 is 0 Å². The van der Waals surface area contributed by atoms with E-state index < -0.39 is 5.91 Å². The number of nitriles is 1. The van der Waals surface area contributed by atoms with Crippen LogP contribution < -0.4 is 24.3 Å². The highest BCUT2D eigenvalue weighted by Gasteiger charge is 2.15. The highest BCUT2D eigenvalue weighted by atomic mass is 79.9. The van der Waals surface area contributed by atoms with Crippen molar-refractivity contribution in [1.82, 2.24) is 0 Å². The van der Waals surface area contributed by atoms with Crippen LogP contribution in [0.5, 0.6) is 23.0 Å². The number of rotatable bonds is 8. The largest absolute Gasteiger partial charge is 0.490 e. The van der Waals surface area contributed by atoms with Crippen molar-refractivity contribution < 1.29 is 23.7 Å². The number of benzene rings is 3. The van der Waals surface area contributed by atoms with E-state index in [4.69, 9.17) is 18.9 Å². The maximum absolute atomic E-state index is 12.6. The quantitative estimate of drug-likeness (QED) is 0.302. The lowest BCUT2D eigenvalue weighted by Crippen LogP contribution is -2.13. The topological polar surface area (TPSA) is 89.8 Å². The summed E-state index contributed by atoms with van der Waals surface area (Å²) < 4.78 is 23.3. The Morgan fingerprint density at radius 1 is 1.06 bits per heavy atom. The molecule has 1 heterocycles. The molecule has 1 aliphatic heterocycles. The summed E-state index contributed by atoms with van der Waals surface area (Å²) in [6.45, 7) is 2.83. The number of nitrogens with one attached hydrogen (secondary N) is 1. The number of ether oxygens (including phenoxy) is 4. The van der Waals surface area contributed by atoms with Crippen LogP contribution in [0, 0.1) is 11.3 Å². The third-order valence-corrected chi connectivity index (χ3v) is 5.41. The first-order valence-electron chi connectivity index (χ1n) is 10.5. The Labute approximate surface area is 205 Å². The molecule has 0 saturated carbocycles. The summed E-state index contributed by atoms with van der Waals surface area (Å²) >= 11 is 3.35. The molecule has 7 nitrogen and oxygen atoms in total. The molecule has 3 aromatic carbocycles. The van der Waals surface area contributed by atoms with Gasteiger partial charge in [0.2, 0.25) is 6.79 Å². The fourth-order valence-corrected chi connectivity index (χ4v) is 3.51. The molecule has 4 rings (SSSR count). The van der Waals surface area contributed by atoms with Crippen LogP contribution >= 0.6 is 15.9 Å². The molecule has 0 saturated heterocycles. The summed E-state index contributed by atoms with van der Waals surface area (Å²) in [6, 6.07) is 20.0. The van der Waals surface area contributed by atoms with E-state index in [9.17, 15) is 10.1 Å². The predicted octanol–water partition coefficient (Wildman–Crippen LogP) is 5.70. The van der Waals surface area contributed by atoms with Crippen LogP contribution in [0.15, 0.2) is 70.7 Å². The normalized spacial score (nSPS) is 12.1. The molecule has 172 valence electrons. The van der Waals surface area contributed by atoms with Crippen LogP contribution in [0.25, 0.3) is 6.08 Å². The number of amides is 1. The van der Waals surface area contributed by atoms with Crippen LogP contribution in [0.1, 0.15) is 18.1 Å². The van der Waals surface area contributed by atoms with Crippen LogP contribution in [-0.4, -0.2) is 19.3 Å². The molecule has 0 unspecified atom stereocenters. The van der Waals surface area contributed by atoms with Gasteiger partial charge in [-0.05, 0) is 72.7 Å². The van der Waals surface area contributed by atoms with Gasteiger partial charge in [0, 0.05) is 10.2 Å². The maximum atomic E-state index is 12.6. The van der Waals surface area contributed by atoms with Gasteiger partial charge in [0.25, 0.3) is 5.91 Å². The lowest BCUT2D eigenvalue weighted by Gasteiger charge is -2.13. The monoisotopic (exact) mass is 520 g/mol. The van der Waals surface area contributed by atoms with Gasteiger partial charge < -0.3 is 24.3 Å². The molecule has 0 radical (unpaired) electrons. The van der Waals surface area contributed by atoms with E-state index in [1.54, 1.807) is 30.3 Å². The zero-order valence-corrected chi connectivity index (χ0v) is 19.9. The highest BCUT2D eigenvalue weighted by molar-refractivity contribution is 9.10. The lowest BCUT2D eigenvalue weighted by molar-refractivity contribution is -0.112. The Bertz CT molecular complexity index is 1270. The second-order valence-corrected chi connectivity index (χ2v) is 8.16. The van der Waals surface area contributed by atoms with Crippen molar-refractivity contribution in [1.29, 1.82) is 5.26 Å². The Morgan fingerprint density at radius 3 is 2.62 bits per heavy atom. The molecule has 1 amide bonds. The van der Waals surface area contributed by atoms with Gasteiger partial charge in [0.05, 0.1) is 6.61 Å². The third kappa shape index (κ3) is 5.69. The molecule has 1 aliphatic rings. The Hall–Kier alpha value is -3.96. The van der Waals surface area contributed by atoms with Crippen molar-refractivity contribution in [3.8, 4) is 29.1 Å². The summed E-state index contributed by atoms with van der Waals surface area (Å²) in [5, 5.41) is 12.2. The van der Waals surface area contributed by atoms with Gasteiger partial charge in [-0.1, -0.05) is 28.1 Å². The smallest absolute Gasteiger partial charge is 0.266 e. The van der Waals surface area contributed by atoms with Crippen LogP contribution in [0.2, 0.25) is 0 Å². The van der Waals surface area contributed by atoms with Crippen molar-refractivity contribution in [2.75, 3.05) is 18.7 Å². The Kier molecular flexibility index (Phi) is 7.35. The van der Waals surface area contributed by atoms with Crippen LogP contribution in [-0.2, 0) is 11.4 Å². The van der Waals surface area contributed by atoms with E-state index in [-0.39, 0.29) is 12.4 Å². The lowest BCUT2D eigenvalue weighted by atomic mass is 10.1. The zero-order chi connectivity index (χ0) is 23.9. The van der Waals surface area contributed by atoms with Gasteiger partial charge in [-0.15, -0.1) is 0 Å². The first-order chi connectivity index (χ1) is 16.6. The molecule has 0 spiro atoms. The standard InChI is InChI=1S/C26H21BrN2O5/c1-2-31-24-12-17(11-19(14-28)26(30)29-21-7-5-20(27)6-8-21)3-9-22(24)32-15-18-4-10-23-25(13-18)34-16-33-23/h3-13H,2,15-16H2,1H3,(H,29,30)/b19-11-. The molecule has 34 heavy (non-hydrogen) atoms. The van der Waals surface area contributed by atoms with E-state index in [0.717, 1.165) is 10.0 Å². The molecular weight excluding hydrogens is 500 g/mol. The van der Waals surface area contributed by atoms with Crippen molar-refractivity contribution in [2.24, 2.45) is 0 Å².